The zero-order valence-corrected chi connectivity index (χ0v) is 11.4. The van der Waals surface area contributed by atoms with E-state index in [1.165, 1.54) is 0 Å². The summed E-state index contributed by atoms with van der Waals surface area (Å²) in [5.41, 5.74) is 1.41. The summed E-state index contributed by atoms with van der Waals surface area (Å²) in [4.78, 5) is 14.6. The molecule has 3 rings (SSSR count). The molecule has 1 fully saturated rings. The molecule has 0 aliphatic carbocycles. The fourth-order valence-electron chi connectivity index (χ4n) is 2.93. The van der Waals surface area contributed by atoms with Gasteiger partial charge in [-0.3, -0.25) is 9.69 Å². The molecule has 20 heavy (non-hydrogen) atoms. The fourth-order valence-corrected chi connectivity index (χ4v) is 2.93. The molecule has 1 saturated heterocycles. The molecular weight excluding hydrogens is 254 g/mol. The fraction of sp³-hybridized carbons (Fsp3) is 0.438. The van der Waals surface area contributed by atoms with Gasteiger partial charge in [0.1, 0.15) is 11.8 Å². The number of carbonyl (C=O) groups is 1. The number of fused-ring (bicyclic) bond motifs is 1. The van der Waals surface area contributed by atoms with Crippen molar-refractivity contribution in [1.82, 2.24) is 4.90 Å². The second-order valence-electron chi connectivity index (χ2n) is 5.49. The highest BCUT2D eigenvalue weighted by Gasteiger charge is 2.22. The smallest absolute Gasteiger partial charge is 0.180 e. The predicted molar refractivity (Wildman–Crippen MR) is 76.8 cm³/mol. The van der Waals surface area contributed by atoms with Crippen LogP contribution in [0.1, 0.15) is 23.2 Å². The van der Waals surface area contributed by atoms with Crippen LogP contribution in [-0.2, 0) is 0 Å². The first-order valence-electron chi connectivity index (χ1n) is 7.10. The summed E-state index contributed by atoms with van der Waals surface area (Å²) in [6.45, 7) is 2.34. The van der Waals surface area contributed by atoms with Gasteiger partial charge in [0.2, 0.25) is 0 Å². The molecule has 1 aliphatic rings. The van der Waals surface area contributed by atoms with Crippen LogP contribution in [0.2, 0.25) is 0 Å². The molecule has 4 heteroatoms. The molecule has 106 valence electrons. The van der Waals surface area contributed by atoms with E-state index in [1.807, 2.05) is 24.3 Å². The summed E-state index contributed by atoms with van der Waals surface area (Å²) < 4.78 is 5.42. The molecular formula is C16H19NO3. The van der Waals surface area contributed by atoms with Gasteiger partial charge < -0.3 is 9.52 Å². The summed E-state index contributed by atoms with van der Waals surface area (Å²) in [6, 6.07) is 7.60. The van der Waals surface area contributed by atoms with Gasteiger partial charge in [-0.2, -0.15) is 0 Å². The van der Waals surface area contributed by atoms with E-state index in [-0.39, 0.29) is 12.4 Å². The van der Waals surface area contributed by atoms with Gasteiger partial charge in [0.05, 0.1) is 12.1 Å². The normalized spacial score (nSPS) is 20.4. The summed E-state index contributed by atoms with van der Waals surface area (Å²) in [6.07, 6.45) is 3.65. The van der Waals surface area contributed by atoms with Crippen LogP contribution < -0.4 is 0 Å². The number of piperidine rings is 1. The van der Waals surface area contributed by atoms with Crippen LogP contribution in [0.4, 0.5) is 0 Å². The lowest BCUT2D eigenvalue weighted by atomic mass is 9.98. The van der Waals surface area contributed by atoms with Crippen LogP contribution in [0.3, 0.4) is 0 Å². The molecule has 4 nitrogen and oxygen atoms in total. The number of aliphatic hydroxyl groups excluding tert-OH is 1. The van der Waals surface area contributed by atoms with E-state index in [0.717, 1.165) is 36.9 Å². The van der Waals surface area contributed by atoms with Crippen LogP contribution in [0.5, 0.6) is 0 Å². The first-order chi connectivity index (χ1) is 9.78. The second-order valence-corrected chi connectivity index (χ2v) is 5.49. The number of para-hydroxylation sites is 1. The first-order valence-corrected chi connectivity index (χ1v) is 7.10. The SMILES string of the molecule is O=C(CN1CCCC(CO)C1)c1coc2ccccc12. The number of hydrogen-bond donors (Lipinski definition) is 1. The van der Waals surface area contributed by atoms with Crippen molar-refractivity contribution in [3.63, 3.8) is 0 Å². The molecule has 2 heterocycles. The van der Waals surface area contributed by atoms with E-state index in [2.05, 4.69) is 4.90 Å². The molecule has 1 aromatic carbocycles. The molecule has 1 unspecified atom stereocenters. The Morgan fingerprint density at radius 1 is 1.40 bits per heavy atom. The minimum Gasteiger partial charge on any atom is -0.464 e. The van der Waals surface area contributed by atoms with Crippen molar-refractivity contribution in [1.29, 1.82) is 0 Å². The minimum absolute atomic E-state index is 0.0912. The highest BCUT2D eigenvalue weighted by molar-refractivity contribution is 6.08. The van der Waals surface area contributed by atoms with Gasteiger partial charge >= 0.3 is 0 Å². The summed E-state index contributed by atoms with van der Waals surface area (Å²) >= 11 is 0. The Bertz CT molecular complexity index is 605. The highest BCUT2D eigenvalue weighted by Crippen LogP contribution is 2.22. The molecule has 2 aromatic rings. The van der Waals surface area contributed by atoms with Gasteiger partial charge in [0.15, 0.2) is 5.78 Å². The molecule has 0 radical (unpaired) electrons. The largest absolute Gasteiger partial charge is 0.464 e. The van der Waals surface area contributed by atoms with Crippen molar-refractivity contribution >= 4 is 16.8 Å². The third-order valence-corrected chi connectivity index (χ3v) is 4.01. The average Bonchev–Trinajstić information content (AvgIpc) is 2.91. The number of ketones is 1. The Morgan fingerprint density at radius 3 is 3.10 bits per heavy atom. The van der Waals surface area contributed by atoms with Crippen molar-refractivity contribution < 1.29 is 14.3 Å². The Balaban J connectivity index is 1.73. The van der Waals surface area contributed by atoms with E-state index >= 15 is 0 Å². The van der Waals surface area contributed by atoms with Crippen LogP contribution in [0.15, 0.2) is 34.9 Å². The van der Waals surface area contributed by atoms with Crippen molar-refractivity contribution in [2.45, 2.75) is 12.8 Å². The highest BCUT2D eigenvalue weighted by atomic mass is 16.3. The Hall–Kier alpha value is -1.65. The van der Waals surface area contributed by atoms with E-state index in [4.69, 9.17) is 4.42 Å². The predicted octanol–water partition coefficient (Wildman–Crippen LogP) is 2.32. The van der Waals surface area contributed by atoms with E-state index in [1.54, 1.807) is 6.26 Å². The van der Waals surface area contributed by atoms with Crippen LogP contribution >= 0.6 is 0 Å². The number of nitrogens with zero attached hydrogens (tertiary/aromatic N) is 1. The second kappa shape index (κ2) is 5.77. The molecule has 1 N–H and O–H groups in total. The number of hydrogen-bond acceptors (Lipinski definition) is 4. The third-order valence-electron chi connectivity index (χ3n) is 4.01. The van der Waals surface area contributed by atoms with Gasteiger partial charge in [-0.25, -0.2) is 0 Å². The van der Waals surface area contributed by atoms with Crippen LogP contribution in [0, 0.1) is 5.92 Å². The standard InChI is InChI=1S/C16H19NO3/c18-10-12-4-3-7-17(8-12)9-15(19)14-11-20-16-6-2-1-5-13(14)16/h1-2,5-6,11-12,18H,3-4,7-10H2. The monoisotopic (exact) mass is 273 g/mol. The summed E-state index contributed by atoms with van der Waals surface area (Å²) in [5.74, 6) is 0.395. The minimum atomic E-state index is 0.0912. The van der Waals surface area contributed by atoms with E-state index < -0.39 is 0 Å². The van der Waals surface area contributed by atoms with Crippen molar-refractivity contribution in [3.8, 4) is 0 Å². The number of likely N-dealkylation sites (tertiary alicyclic amines) is 1. The number of Topliss-reactive ketones (excluding diaryl/α,β-unsaturated/α-hetero) is 1. The molecule has 1 aliphatic heterocycles. The first kappa shape index (κ1) is 13.3. The molecule has 0 spiro atoms. The lowest BCUT2D eigenvalue weighted by molar-refractivity contribution is 0.0834. The van der Waals surface area contributed by atoms with Crippen LogP contribution in [0.25, 0.3) is 11.0 Å². The number of aliphatic hydroxyl groups is 1. The Kier molecular flexibility index (Phi) is 3.85. The summed E-state index contributed by atoms with van der Waals surface area (Å²) in [7, 11) is 0. The van der Waals surface area contributed by atoms with Gasteiger partial charge in [-0.05, 0) is 31.4 Å². The van der Waals surface area contributed by atoms with Crippen molar-refractivity contribution in [2.75, 3.05) is 26.2 Å². The van der Waals surface area contributed by atoms with Gasteiger partial charge in [0, 0.05) is 18.5 Å². The van der Waals surface area contributed by atoms with E-state index in [9.17, 15) is 9.90 Å². The number of rotatable bonds is 4. The molecule has 0 amide bonds. The number of benzene rings is 1. The average molecular weight is 273 g/mol. The summed E-state index contributed by atoms with van der Waals surface area (Å²) in [5, 5.41) is 10.1. The third kappa shape index (κ3) is 2.62. The quantitative estimate of drug-likeness (QED) is 0.869. The molecule has 0 bridgehead atoms. The van der Waals surface area contributed by atoms with Crippen molar-refractivity contribution in [2.24, 2.45) is 5.92 Å². The molecule has 1 atom stereocenters. The zero-order chi connectivity index (χ0) is 13.9. The maximum absolute atomic E-state index is 12.4. The lowest BCUT2D eigenvalue weighted by Gasteiger charge is -2.31. The van der Waals surface area contributed by atoms with E-state index in [0.29, 0.717) is 18.0 Å². The van der Waals surface area contributed by atoms with Crippen LogP contribution in [-0.4, -0.2) is 42.0 Å². The maximum atomic E-state index is 12.4. The number of carbonyl (C=O) groups excluding carboxylic acids is 1. The molecule has 0 saturated carbocycles. The van der Waals surface area contributed by atoms with Gasteiger partial charge in [-0.1, -0.05) is 18.2 Å². The topological polar surface area (TPSA) is 53.7 Å². The van der Waals surface area contributed by atoms with Gasteiger partial charge in [0.25, 0.3) is 0 Å². The maximum Gasteiger partial charge on any atom is 0.180 e. The Morgan fingerprint density at radius 2 is 2.25 bits per heavy atom. The van der Waals surface area contributed by atoms with Crippen molar-refractivity contribution in [3.05, 3.63) is 36.1 Å². The zero-order valence-electron chi connectivity index (χ0n) is 11.4. The lowest BCUT2D eigenvalue weighted by Crippen LogP contribution is -2.39. The molecule has 1 aromatic heterocycles. The van der Waals surface area contributed by atoms with Gasteiger partial charge in [-0.15, -0.1) is 0 Å². The number of furan rings is 1. The Labute approximate surface area is 118 Å².